The molecule has 0 radical (unpaired) electrons. The highest BCUT2D eigenvalue weighted by Gasteiger charge is 2.58. The Hall–Kier alpha value is -1.29. The number of aryl methyl sites for hydroxylation is 1. The van der Waals surface area contributed by atoms with Crippen molar-refractivity contribution in [2.75, 3.05) is 12.3 Å². The van der Waals surface area contributed by atoms with Crippen molar-refractivity contribution in [2.45, 2.75) is 57.3 Å². The fraction of sp³-hybridized carbons (Fsp3) is 0.636. The lowest BCUT2D eigenvalue weighted by atomic mass is 9.42. The van der Waals surface area contributed by atoms with E-state index in [0.717, 1.165) is 29.3 Å². The quantitative estimate of drug-likeness (QED) is 0.857. The van der Waals surface area contributed by atoms with Gasteiger partial charge in [-0.3, -0.25) is 9.79 Å². The predicted octanol–water partition coefficient (Wildman–Crippen LogP) is 4.44. The predicted molar refractivity (Wildman–Crippen MR) is 107 cm³/mol. The number of thioether (sulfide) groups is 1. The third-order valence-corrected chi connectivity index (χ3v) is 8.10. The maximum Gasteiger partial charge on any atom is 0.226 e. The molecule has 26 heavy (non-hydrogen) atoms. The monoisotopic (exact) mass is 368 g/mol. The van der Waals surface area contributed by atoms with Crippen LogP contribution in [0.4, 0.5) is 0 Å². The van der Waals surface area contributed by atoms with Crippen molar-refractivity contribution in [3.63, 3.8) is 0 Å². The van der Waals surface area contributed by atoms with Gasteiger partial charge in [0, 0.05) is 12.2 Å². The first kappa shape index (κ1) is 16.9. The second-order valence-corrected chi connectivity index (χ2v) is 10.5. The number of rotatable bonds is 3. The van der Waals surface area contributed by atoms with Crippen LogP contribution < -0.4 is 5.32 Å². The molecule has 2 atom stereocenters. The fourth-order valence-corrected chi connectivity index (χ4v) is 7.56. The van der Waals surface area contributed by atoms with Crippen molar-refractivity contribution in [3.8, 4) is 0 Å². The Balaban J connectivity index is 1.39. The minimum atomic E-state index is 0.194. The minimum absolute atomic E-state index is 0.194. The second kappa shape index (κ2) is 6.12. The minimum Gasteiger partial charge on any atom is -0.305 e. The average molecular weight is 369 g/mol. The van der Waals surface area contributed by atoms with E-state index < -0.39 is 0 Å². The summed E-state index contributed by atoms with van der Waals surface area (Å²) >= 11 is 1.68. The molecule has 6 rings (SSSR count). The number of amides is 1. The molecule has 3 nitrogen and oxygen atoms in total. The summed E-state index contributed by atoms with van der Waals surface area (Å²) < 4.78 is 0. The van der Waals surface area contributed by atoms with Gasteiger partial charge >= 0.3 is 0 Å². The molecule has 1 amide bonds. The number of hydrogen-bond donors (Lipinski definition) is 1. The number of carbonyl (C=O) groups is 1. The van der Waals surface area contributed by atoms with Crippen LogP contribution in [0.15, 0.2) is 29.3 Å². The number of nitrogens with zero attached hydrogens (tertiary/aromatic N) is 1. The largest absolute Gasteiger partial charge is 0.305 e. The van der Waals surface area contributed by atoms with E-state index in [1.54, 1.807) is 11.8 Å². The maximum absolute atomic E-state index is 12.8. The molecule has 4 heteroatoms. The molecule has 1 aromatic rings. The summed E-state index contributed by atoms with van der Waals surface area (Å²) in [6.45, 7) is 3.01. The fourth-order valence-electron chi connectivity index (χ4n) is 6.82. The van der Waals surface area contributed by atoms with Crippen molar-refractivity contribution < 1.29 is 4.79 Å². The summed E-state index contributed by atoms with van der Waals surface area (Å²) in [5, 5.41) is 3.93. The van der Waals surface area contributed by atoms with Crippen LogP contribution >= 0.6 is 11.8 Å². The van der Waals surface area contributed by atoms with E-state index in [1.165, 1.54) is 49.7 Å². The standard InChI is InChI=1S/C22H28N2OS/c1-15-2-4-18(5-3-15)22-11-16-8-17(12-22)10-21(9-16,14-22)13-19(25)24-20-23-6-7-26-20/h2-5,16-17H,6-14H2,1H3,(H,23,24,25)/t16-,17-,21?,22?/m0/s1. The first-order valence-corrected chi connectivity index (χ1v) is 11.1. The Morgan fingerprint density at radius 1 is 1.19 bits per heavy atom. The van der Waals surface area contributed by atoms with Gasteiger partial charge in [0.15, 0.2) is 5.17 Å². The van der Waals surface area contributed by atoms with Gasteiger partial charge in [-0.05, 0) is 73.7 Å². The topological polar surface area (TPSA) is 41.5 Å². The highest BCUT2D eigenvalue weighted by molar-refractivity contribution is 8.14. The molecule has 1 heterocycles. The molecule has 4 fully saturated rings. The molecule has 0 spiro atoms. The smallest absolute Gasteiger partial charge is 0.226 e. The van der Waals surface area contributed by atoms with Crippen LogP contribution in [-0.4, -0.2) is 23.4 Å². The van der Waals surface area contributed by atoms with Gasteiger partial charge in [0.25, 0.3) is 0 Å². The summed E-state index contributed by atoms with van der Waals surface area (Å²) in [5.74, 6) is 2.81. The molecule has 138 valence electrons. The molecule has 1 aliphatic heterocycles. The Labute approximate surface area is 160 Å². The normalized spacial score (nSPS) is 37.7. The molecule has 5 aliphatic rings. The van der Waals surface area contributed by atoms with Gasteiger partial charge < -0.3 is 5.32 Å². The van der Waals surface area contributed by atoms with Gasteiger partial charge in [-0.2, -0.15) is 0 Å². The molecule has 0 saturated heterocycles. The molecule has 1 aromatic carbocycles. The lowest BCUT2D eigenvalue weighted by Gasteiger charge is -2.62. The van der Waals surface area contributed by atoms with Gasteiger partial charge in [0.2, 0.25) is 5.91 Å². The zero-order valence-electron chi connectivity index (χ0n) is 15.6. The van der Waals surface area contributed by atoms with Crippen LogP contribution in [-0.2, 0) is 10.2 Å². The van der Waals surface area contributed by atoms with E-state index in [9.17, 15) is 4.79 Å². The van der Waals surface area contributed by atoms with Crippen molar-refractivity contribution >= 4 is 22.8 Å². The molecule has 4 aliphatic carbocycles. The summed E-state index contributed by atoms with van der Waals surface area (Å²) in [6.07, 6.45) is 8.45. The first-order valence-electron chi connectivity index (χ1n) is 10.1. The molecule has 0 unspecified atom stereocenters. The molecule has 4 saturated carbocycles. The van der Waals surface area contributed by atoms with E-state index in [0.29, 0.717) is 11.8 Å². The SMILES string of the molecule is Cc1ccc(C23C[C@H]4C[C@@H](CC(CC(=O)NC5=NCCS5)(C4)C2)C3)cc1. The zero-order chi connectivity index (χ0) is 17.8. The van der Waals surface area contributed by atoms with Crippen LogP contribution in [0.2, 0.25) is 0 Å². The number of amidine groups is 1. The Morgan fingerprint density at radius 2 is 1.92 bits per heavy atom. The first-order chi connectivity index (χ1) is 12.5. The third kappa shape index (κ3) is 2.90. The molecular formula is C22H28N2OS. The molecule has 4 bridgehead atoms. The van der Waals surface area contributed by atoms with Gasteiger partial charge in [0.1, 0.15) is 0 Å². The zero-order valence-corrected chi connectivity index (χ0v) is 16.4. The lowest BCUT2D eigenvalue weighted by Crippen LogP contribution is -2.55. The van der Waals surface area contributed by atoms with Crippen molar-refractivity contribution in [1.29, 1.82) is 0 Å². The van der Waals surface area contributed by atoms with E-state index in [2.05, 4.69) is 41.5 Å². The van der Waals surface area contributed by atoms with Crippen LogP contribution in [0.5, 0.6) is 0 Å². The Kier molecular flexibility index (Phi) is 3.97. The van der Waals surface area contributed by atoms with E-state index >= 15 is 0 Å². The summed E-state index contributed by atoms with van der Waals surface area (Å²) in [4.78, 5) is 17.2. The Bertz CT molecular complexity index is 740. The maximum atomic E-state index is 12.8. The van der Waals surface area contributed by atoms with Crippen LogP contribution in [0.25, 0.3) is 0 Å². The van der Waals surface area contributed by atoms with Crippen molar-refractivity contribution in [3.05, 3.63) is 35.4 Å². The number of hydrogen-bond acceptors (Lipinski definition) is 3. The number of benzene rings is 1. The second-order valence-electron chi connectivity index (χ2n) is 9.37. The summed E-state index contributed by atoms with van der Waals surface area (Å²) in [7, 11) is 0. The highest BCUT2D eigenvalue weighted by atomic mass is 32.2. The number of nitrogens with one attached hydrogen (secondary N) is 1. The highest BCUT2D eigenvalue weighted by Crippen LogP contribution is 2.66. The van der Waals surface area contributed by atoms with Crippen LogP contribution in [0.3, 0.4) is 0 Å². The van der Waals surface area contributed by atoms with Crippen molar-refractivity contribution in [1.82, 2.24) is 5.32 Å². The van der Waals surface area contributed by atoms with Gasteiger partial charge in [-0.15, -0.1) is 0 Å². The number of aliphatic imine (C=N–C) groups is 1. The van der Waals surface area contributed by atoms with Gasteiger partial charge in [-0.1, -0.05) is 41.6 Å². The third-order valence-electron chi connectivity index (χ3n) is 7.21. The Morgan fingerprint density at radius 3 is 2.58 bits per heavy atom. The number of carbonyl (C=O) groups excluding carboxylic acids is 1. The van der Waals surface area contributed by atoms with Crippen molar-refractivity contribution in [2.24, 2.45) is 22.2 Å². The average Bonchev–Trinajstić information content (AvgIpc) is 3.06. The van der Waals surface area contributed by atoms with E-state index in [1.807, 2.05) is 0 Å². The van der Waals surface area contributed by atoms with Crippen LogP contribution in [0.1, 0.15) is 56.1 Å². The van der Waals surface area contributed by atoms with E-state index in [4.69, 9.17) is 0 Å². The molecule has 0 aromatic heterocycles. The molecular weight excluding hydrogens is 340 g/mol. The molecule has 1 N–H and O–H groups in total. The van der Waals surface area contributed by atoms with E-state index in [-0.39, 0.29) is 11.3 Å². The summed E-state index contributed by atoms with van der Waals surface area (Å²) in [6, 6.07) is 9.26. The lowest BCUT2D eigenvalue weighted by molar-refractivity contribution is -0.129. The van der Waals surface area contributed by atoms with Gasteiger partial charge in [0.05, 0.1) is 6.54 Å². The summed E-state index contributed by atoms with van der Waals surface area (Å²) in [5.41, 5.74) is 3.39. The van der Waals surface area contributed by atoms with Gasteiger partial charge in [-0.25, -0.2) is 0 Å². The van der Waals surface area contributed by atoms with Crippen LogP contribution in [0, 0.1) is 24.2 Å².